The average molecular weight is 260 g/mol. The van der Waals surface area contributed by atoms with Crippen LogP contribution in [-0.4, -0.2) is 9.97 Å². The van der Waals surface area contributed by atoms with Crippen LogP contribution in [-0.2, 0) is 0 Å². The van der Waals surface area contributed by atoms with Gasteiger partial charge in [-0.15, -0.1) is 12.3 Å². The van der Waals surface area contributed by atoms with E-state index in [9.17, 15) is 0 Å². The fourth-order valence-electron chi connectivity index (χ4n) is 1.74. The molecule has 0 aliphatic carbocycles. The first-order valence-corrected chi connectivity index (χ1v) is 6.70. The minimum atomic E-state index is 0.835. The van der Waals surface area contributed by atoms with Gasteiger partial charge < -0.3 is 0 Å². The fourth-order valence-corrected chi connectivity index (χ4v) is 1.74. The van der Waals surface area contributed by atoms with Crippen molar-refractivity contribution in [2.24, 2.45) is 0 Å². The molecule has 2 heterocycles. The summed E-state index contributed by atoms with van der Waals surface area (Å²) in [6.07, 6.45) is 12.6. The molecule has 98 valence electrons. The molecule has 0 amide bonds. The van der Waals surface area contributed by atoms with Crippen molar-refractivity contribution in [2.45, 2.75) is 25.7 Å². The molecule has 0 fully saturated rings. The van der Waals surface area contributed by atoms with Gasteiger partial charge in [0.1, 0.15) is 0 Å². The summed E-state index contributed by atoms with van der Waals surface area (Å²) in [4.78, 5) is 8.65. The second-order valence-corrected chi connectivity index (χ2v) is 4.36. The SMILES string of the molecule is C#CCCCCC#Cc1ccc(-c2ccccn2)nc1. The molecule has 2 nitrogen and oxygen atoms in total. The summed E-state index contributed by atoms with van der Waals surface area (Å²) in [6, 6.07) is 9.72. The summed E-state index contributed by atoms with van der Waals surface area (Å²) < 4.78 is 0. The number of nitrogens with zero attached hydrogens (tertiary/aromatic N) is 2. The lowest BCUT2D eigenvalue weighted by atomic mass is 10.2. The number of hydrogen-bond acceptors (Lipinski definition) is 2. The number of hydrogen-bond donors (Lipinski definition) is 0. The first-order valence-electron chi connectivity index (χ1n) is 6.70. The first kappa shape index (κ1) is 13.8. The predicted molar refractivity (Wildman–Crippen MR) is 81.6 cm³/mol. The molecule has 0 atom stereocenters. The number of pyridine rings is 2. The zero-order chi connectivity index (χ0) is 14.0. The van der Waals surface area contributed by atoms with Crippen LogP contribution in [0.4, 0.5) is 0 Å². The molecule has 0 aliphatic rings. The molecule has 0 aliphatic heterocycles. The van der Waals surface area contributed by atoms with Gasteiger partial charge in [-0.2, -0.15) is 0 Å². The lowest BCUT2D eigenvalue weighted by Gasteiger charge is -1.98. The highest BCUT2D eigenvalue weighted by atomic mass is 14.8. The molecule has 20 heavy (non-hydrogen) atoms. The van der Waals surface area contributed by atoms with E-state index in [-0.39, 0.29) is 0 Å². The van der Waals surface area contributed by atoms with Crippen LogP contribution in [0, 0.1) is 24.2 Å². The molecule has 2 rings (SSSR count). The Morgan fingerprint density at radius 1 is 0.950 bits per heavy atom. The third kappa shape index (κ3) is 4.26. The van der Waals surface area contributed by atoms with Gasteiger partial charge in [0, 0.05) is 30.8 Å². The van der Waals surface area contributed by atoms with Crippen molar-refractivity contribution < 1.29 is 0 Å². The molecule has 0 saturated carbocycles. The largest absolute Gasteiger partial charge is 0.255 e. The Bertz CT molecular complexity index is 625. The standard InChI is InChI=1S/C18H16N2/c1-2-3-4-5-6-7-10-16-12-13-18(20-15-16)17-11-8-9-14-19-17/h1,8-9,11-15H,3-6H2. The van der Waals surface area contributed by atoms with E-state index in [1.54, 1.807) is 12.4 Å². The highest BCUT2D eigenvalue weighted by molar-refractivity contribution is 5.54. The van der Waals surface area contributed by atoms with Crippen molar-refractivity contribution >= 4 is 0 Å². The Balaban J connectivity index is 1.93. The second-order valence-electron chi connectivity index (χ2n) is 4.36. The summed E-state index contributed by atoms with van der Waals surface area (Å²) in [6.45, 7) is 0. The van der Waals surface area contributed by atoms with Gasteiger partial charge in [0.05, 0.1) is 11.4 Å². The maximum absolute atomic E-state index is 5.20. The number of aromatic nitrogens is 2. The molecule has 0 saturated heterocycles. The molecular weight excluding hydrogens is 244 g/mol. The van der Waals surface area contributed by atoms with Crippen LogP contribution in [0.2, 0.25) is 0 Å². The Morgan fingerprint density at radius 2 is 1.80 bits per heavy atom. The fraction of sp³-hybridized carbons (Fsp3) is 0.222. The van der Waals surface area contributed by atoms with Crippen LogP contribution >= 0.6 is 0 Å². The van der Waals surface area contributed by atoms with Crippen molar-refractivity contribution in [3.63, 3.8) is 0 Å². The molecule has 2 heteroatoms. The molecule has 0 bridgehead atoms. The lowest BCUT2D eigenvalue weighted by molar-refractivity contribution is 0.783. The third-order valence-electron chi connectivity index (χ3n) is 2.80. The molecule has 0 radical (unpaired) electrons. The second kappa shape index (κ2) is 7.77. The topological polar surface area (TPSA) is 25.8 Å². The van der Waals surface area contributed by atoms with Gasteiger partial charge in [0.2, 0.25) is 0 Å². The van der Waals surface area contributed by atoms with Gasteiger partial charge in [0.15, 0.2) is 0 Å². The van der Waals surface area contributed by atoms with Crippen LogP contribution in [0.3, 0.4) is 0 Å². The Morgan fingerprint density at radius 3 is 2.50 bits per heavy atom. The van der Waals surface area contributed by atoms with Crippen LogP contribution in [0.5, 0.6) is 0 Å². The Hall–Kier alpha value is -2.58. The normalized spacial score (nSPS) is 9.35. The monoisotopic (exact) mass is 260 g/mol. The number of rotatable bonds is 4. The molecule has 0 unspecified atom stereocenters. The van der Waals surface area contributed by atoms with Gasteiger partial charge in [-0.1, -0.05) is 17.9 Å². The summed E-state index contributed by atoms with van der Waals surface area (Å²) in [5, 5.41) is 0. The van der Waals surface area contributed by atoms with Crippen LogP contribution in [0.1, 0.15) is 31.2 Å². The van der Waals surface area contributed by atoms with E-state index in [0.717, 1.165) is 42.6 Å². The van der Waals surface area contributed by atoms with E-state index in [0.29, 0.717) is 0 Å². The summed E-state index contributed by atoms with van der Waals surface area (Å²) in [7, 11) is 0. The van der Waals surface area contributed by atoms with Crippen molar-refractivity contribution in [3.8, 4) is 35.6 Å². The molecular formula is C18H16N2. The number of unbranched alkanes of at least 4 members (excludes halogenated alkanes) is 3. The zero-order valence-corrected chi connectivity index (χ0v) is 11.3. The van der Waals surface area contributed by atoms with Crippen LogP contribution in [0.25, 0.3) is 11.4 Å². The first-order chi connectivity index (χ1) is 9.90. The Labute approximate surface area is 120 Å². The van der Waals surface area contributed by atoms with E-state index < -0.39 is 0 Å². The molecule has 0 N–H and O–H groups in total. The maximum atomic E-state index is 5.20. The summed E-state index contributed by atoms with van der Waals surface area (Å²) >= 11 is 0. The zero-order valence-electron chi connectivity index (χ0n) is 11.3. The van der Waals surface area contributed by atoms with Gasteiger partial charge in [-0.25, -0.2) is 0 Å². The molecule has 0 spiro atoms. The van der Waals surface area contributed by atoms with Gasteiger partial charge in [0.25, 0.3) is 0 Å². The van der Waals surface area contributed by atoms with Gasteiger partial charge >= 0.3 is 0 Å². The number of terminal acetylenes is 1. The quantitative estimate of drug-likeness (QED) is 0.619. The van der Waals surface area contributed by atoms with E-state index in [1.165, 1.54) is 0 Å². The molecule has 2 aromatic heterocycles. The average Bonchev–Trinajstić information content (AvgIpc) is 2.52. The third-order valence-corrected chi connectivity index (χ3v) is 2.80. The predicted octanol–water partition coefficient (Wildman–Crippen LogP) is 3.69. The van der Waals surface area contributed by atoms with Crippen LogP contribution in [0.15, 0.2) is 42.7 Å². The molecule has 2 aromatic rings. The summed E-state index contributed by atoms with van der Waals surface area (Å²) in [5.41, 5.74) is 2.67. The Kier molecular flexibility index (Phi) is 5.38. The minimum Gasteiger partial charge on any atom is -0.255 e. The van der Waals surface area contributed by atoms with E-state index >= 15 is 0 Å². The maximum Gasteiger partial charge on any atom is 0.0887 e. The molecule has 0 aromatic carbocycles. The minimum absolute atomic E-state index is 0.835. The smallest absolute Gasteiger partial charge is 0.0887 e. The van der Waals surface area contributed by atoms with Crippen molar-refractivity contribution in [3.05, 3.63) is 48.3 Å². The van der Waals surface area contributed by atoms with Gasteiger partial charge in [-0.05, 0) is 37.1 Å². The van der Waals surface area contributed by atoms with E-state index in [2.05, 4.69) is 27.7 Å². The summed E-state index contributed by atoms with van der Waals surface area (Å²) in [5.74, 6) is 8.90. The highest BCUT2D eigenvalue weighted by Gasteiger charge is 1.98. The highest BCUT2D eigenvalue weighted by Crippen LogP contribution is 2.12. The van der Waals surface area contributed by atoms with E-state index in [4.69, 9.17) is 6.42 Å². The lowest BCUT2D eigenvalue weighted by Crippen LogP contribution is -1.87. The van der Waals surface area contributed by atoms with Crippen molar-refractivity contribution in [1.29, 1.82) is 0 Å². The van der Waals surface area contributed by atoms with Crippen molar-refractivity contribution in [2.75, 3.05) is 0 Å². The van der Waals surface area contributed by atoms with Crippen LogP contribution < -0.4 is 0 Å². The van der Waals surface area contributed by atoms with Gasteiger partial charge in [-0.3, -0.25) is 9.97 Å². The van der Waals surface area contributed by atoms with E-state index in [1.807, 2.05) is 30.3 Å². The van der Waals surface area contributed by atoms with Crippen molar-refractivity contribution in [1.82, 2.24) is 9.97 Å².